The van der Waals surface area contributed by atoms with E-state index in [4.69, 9.17) is 0 Å². The van der Waals surface area contributed by atoms with Crippen molar-refractivity contribution in [3.05, 3.63) is 71.4 Å². The zero-order valence-electron chi connectivity index (χ0n) is 16.5. The van der Waals surface area contributed by atoms with E-state index in [2.05, 4.69) is 10.3 Å². The summed E-state index contributed by atoms with van der Waals surface area (Å²) in [6.07, 6.45) is 2.96. The lowest BCUT2D eigenvalue weighted by molar-refractivity contribution is -0.111. The number of carbonyl (C=O) groups is 1. The molecule has 1 amide bonds. The van der Waals surface area contributed by atoms with Crippen LogP contribution < -0.4 is 5.32 Å². The molecule has 3 aromatic rings. The van der Waals surface area contributed by atoms with Crippen LogP contribution >= 0.6 is 11.3 Å². The van der Waals surface area contributed by atoms with Crippen LogP contribution in [-0.4, -0.2) is 25.1 Å². The Labute approximate surface area is 179 Å². The first-order valence-corrected chi connectivity index (χ1v) is 11.8. The number of amides is 1. The lowest BCUT2D eigenvalue weighted by Crippen LogP contribution is -2.11. The largest absolute Gasteiger partial charge is 0.298 e. The Balaban J connectivity index is 1.62. The van der Waals surface area contributed by atoms with Crippen molar-refractivity contribution in [1.29, 1.82) is 0 Å². The molecular weight excluding hydrogens is 423 g/mol. The monoisotopic (exact) mass is 444 g/mol. The summed E-state index contributed by atoms with van der Waals surface area (Å²) in [6.45, 7) is 3.72. The van der Waals surface area contributed by atoms with Gasteiger partial charge in [-0.2, -0.15) is 0 Å². The fourth-order valence-electron chi connectivity index (χ4n) is 2.72. The highest BCUT2D eigenvalue weighted by atomic mass is 32.2. The van der Waals surface area contributed by atoms with Gasteiger partial charge in [0, 0.05) is 17.0 Å². The van der Waals surface area contributed by atoms with Gasteiger partial charge in [0.2, 0.25) is 5.91 Å². The Kier molecular flexibility index (Phi) is 6.79. The zero-order chi connectivity index (χ0) is 21.7. The highest BCUT2D eigenvalue weighted by Crippen LogP contribution is 2.25. The third kappa shape index (κ3) is 5.84. The molecule has 0 aliphatic rings. The van der Waals surface area contributed by atoms with Crippen LogP contribution in [0.25, 0.3) is 17.3 Å². The van der Waals surface area contributed by atoms with Crippen LogP contribution in [0.4, 0.5) is 9.52 Å². The SMILES string of the molecule is CC(C)CS(=O)(=O)c1ccc(/C=C/C(=O)Nc2nc(-c3ccc(F)cc3)cs2)cc1. The Morgan fingerprint density at radius 2 is 1.80 bits per heavy atom. The molecule has 0 radical (unpaired) electrons. The lowest BCUT2D eigenvalue weighted by atomic mass is 10.2. The molecule has 0 unspecified atom stereocenters. The number of sulfone groups is 1. The number of benzene rings is 2. The number of anilines is 1. The van der Waals surface area contributed by atoms with E-state index in [1.54, 1.807) is 47.9 Å². The first-order chi connectivity index (χ1) is 14.2. The number of nitrogens with one attached hydrogen (secondary N) is 1. The van der Waals surface area contributed by atoms with E-state index in [1.807, 2.05) is 13.8 Å². The Bertz CT molecular complexity index is 1150. The molecule has 0 atom stereocenters. The zero-order valence-corrected chi connectivity index (χ0v) is 18.1. The van der Waals surface area contributed by atoms with Gasteiger partial charge in [-0.1, -0.05) is 26.0 Å². The molecule has 0 saturated heterocycles. The standard InChI is InChI=1S/C22H21FN2O3S2/c1-15(2)14-30(27,28)19-10-3-16(4-11-19)5-12-21(26)25-22-24-20(13-29-22)17-6-8-18(23)9-7-17/h3-13,15H,14H2,1-2H3,(H,24,25,26)/b12-5+. The van der Waals surface area contributed by atoms with E-state index in [0.717, 1.165) is 5.56 Å². The van der Waals surface area contributed by atoms with Gasteiger partial charge in [0.25, 0.3) is 0 Å². The smallest absolute Gasteiger partial charge is 0.250 e. The van der Waals surface area contributed by atoms with Gasteiger partial charge in [0.15, 0.2) is 15.0 Å². The second-order valence-electron chi connectivity index (χ2n) is 7.11. The maximum absolute atomic E-state index is 13.0. The third-order valence-corrected chi connectivity index (χ3v) is 6.95. The van der Waals surface area contributed by atoms with Crippen molar-refractivity contribution in [3.8, 4) is 11.3 Å². The molecule has 2 aromatic carbocycles. The van der Waals surface area contributed by atoms with Gasteiger partial charge in [-0.3, -0.25) is 10.1 Å². The molecule has 1 N–H and O–H groups in total. The fraction of sp³-hybridized carbons (Fsp3) is 0.182. The van der Waals surface area contributed by atoms with Crippen molar-refractivity contribution in [2.45, 2.75) is 18.7 Å². The summed E-state index contributed by atoms with van der Waals surface area (Å²) in [5, 5.41) is 4.89. The second kappa shape index (κ2) is 9.32. The van der Waals surface area contributed by atoms with Crippen LogP contribution in [-0.2, 0) is 14.6 Å². The van der Waals surface area contributed by atoms with Crippen LogP contribution in [0.2, 0.25) is 0 Å². The molecule has 1 heterocycles. The topological polar surface area (TPSA) is 76.1 Å². The van der Waals surface area contributed by atoms with E-state index in [1.165, 1.54) is 29.5 Å². The van der Waals surface area contributed by atoms with E-state index >= 15 is 0 Å². The Morgan fingerprint density at radius 1 is 1.13 bits per heavy atom. The summed E-state index contributed by atoms with van der Waals surface area (Å²) >= 11 is 1.27. The van der Waals surface area contributed by atoms with Crippen molar-refractivity contribution < 1.29 is 17.6 Å². The summed E-state index contributed by atoms with van der Waals surface area (Å²) in [5.74, 6) is -0.532. The summed E-state index contributed by atoms with van der Waals surface area (Å²) in [5.41, 5.74) is 2.12. The minimum Gasteiger partial charge on any atom is -0.298 e. The minimum absolute atomic E-state index is 0.0488. The summed E-state index contributed by atoms with van der Waals surface area (Å²) < 4.78 is 37.5. The molecule has 0 aliphatic heterocycles. The number of hydrogen-bond acceptors (Lipinski definition) is 5. The van der Waals surface area contributed by atoms with Gasteiger partial charge < -0.3 is 0 Å². The molecule has 0 fully saturated rings. The number of halogens is 1. The molecule has 0 spiro atoms. The third-order valence-electron chi connectivity index (χ3n) is 4.09. The van der Waals surface area contributed by atoms with Crippen LogP contribution in [0.1, 0.15) is 19.4 Å². The van der Waals surface area contributed by atoms with Gasteiger partial charge in [-0.25, -0.2) is 17.8 Å². The highest BCUT2D eigenvalue weighted by Gasteiger charge is 2.15. The normalized spacial score (nSPS) is 11.9. The number of carbonyl (C=O) groups excluding carboxylic acids is 1. The van der Waals surface area contributed by atoms with Crippen LogP contribution in [0.5, 0.6) is 0 Å². The molecular formula is C22H21FN2O3S2. The van der Waals surface area contributed by atoms with Gasteiger partial charge in [0.1, 0.15) is 5.82 Å². The van der Waals surface area contributed by atoms with E-state index in [0.29, 0.717) is 16.4 Å². The van der Waals surface area contributed by atoms with Crippen molar-refractivity contribution in [1.82, 2.24) is 4.98 Å². The quantitative estimate of drug-likeness (QED) is 0.519. The van der Waals surface area contributed by atoms with Crippen LogP contribution in [0.3, 0.4) is 0 Å². The number of rotatable bonds is 7. The average molecular weight is 445 g/mol. The van der Waals surface area contributed by atoms with E-state index < -0.39 is 9.84 Å². The number of nitrogens with zero attached hydrogens (tertiary/aromatic N) is 1. The molecule has 0 bridgehead atoms. The molecule has 0 saturated carbocycles. The second-order valence-corrected chi connectivity index (χ2v) is 10.0. The minimum atomic E-state index is -3.30. The molecule has 3 rings (SSSR count). The van der Waals surface area contributed by atoms with Crippen molar-refractivity contribution in [3.63, 3.8) is 0 Å². The molecule has 0 aliphatic carbocycles. The molecule has 5 nitrogen and oxygen atoms in total. The van der Waals surface area contributed by atoms with Crippen LogP contribution in [0, 0.1) is 11.7 Å². The number of hydrogen-bond donors (Lipinski definition) is 1. The first-order valence-electron chi connectivity index (χ1n) is 9.26. The van der Waals surface area contributed by atoms with Crippen LogP contribution in [0.15, 0.2) is 64.9 Å². The summed E-state index contributed by atoms with van der Waals surface area (Å²) in [6, 6.07) is 12.4. The maximum Gasteiger partial charge on any atom is 0.250 e. The molecule has 1 aromatic heterocycles. The summed E-state index contributed by atoms with van der Waals surface area (Å²) in [7, 11) is -3.30. The predicted molar refractivity (Wildman–Crippen MR) is 119 cm³/mol. The van der Waals surface area contributed by atoms with Crippen molar-refractivity contribution in [2.75, 3.05) is 11.1 Å². The van der Waals surface area contributed by atoms with E-state index in [9.17, 15) is 17.6 Å². The maximum atomic E-state index is 13.0. The number of aromatic nitrogens is 1. The average Bonchev–Trinajstić information content (AvgIpc) is 3.14. The fourth-order valence-corrected chi connectivity index (χ4v) is 5.07. The number of thiazole rings is 1. The molecule has 8 heteroatoms. The first kappa shape index (κ1) is 21.9. The van der Waals surface area contributed by atoms with Crippen molar-refractivity contribution >= 4 is 38.3 Å². The highest BCUT2D eigenvalue weighted by molar-refractivity contribution is 7.91. The predicted octanol–water partition coefficient (Wildman–Crippen LogP) is 5.03. The molecule has 156 valence electrons. The Hall–Kier alpha value is -2.84. The van der Waals surface area contributed by atoms with Gasteiger partial charge in [0.05, 0.1) is 16.3 Å². The Morgan fingerprint density at radius 3 is 2.43 bits per heavy atom. The van der Waals surface area contributed by atoms with E-state index in [-0.39, 0.29) is 28.3 Å². The lowest BCUT2D eigenvalue weighted by Gasteiger charge is -2.07. The van der Waals surface area contributed by atoms with Gasteiger partial charge in [-0.05, 0) is 54.0 Å². The van der Waals surface area contributed by atoms with Crippen molar-refractivity contribution in [2.24, 2.45) is 5.92 Å². The van der Waals surface area contributed by atoms with Gasteiger partial charge in [-0.15, -0.1) is 11.3 Å². The van der Waals surface area contributed by atoms with Gasteiger partial charge >= 0.3 is 0 Å². The molecule has 30 heavy (non-hydrogen) atoms. The summed E-state index contributed by atoms with van der Waals surface area (Å²) in [4.78, 5) is 16.7.